The van der Waals surface area contributed by atoms with Crippen molar-refractivity contribution in [1.29, 1.82) is 0 Å². The van der Waals surface area contributed by atoms with Gasteiger partial charge in [-0.05, 0) is 18.6 Å². The first-order chi connectivity index (χ1) is 17.0. The van der Waals surface area contributed by atoms with E-state index in [1.165, 1.54) is 29.8 Å². The summed E-state index contributed by atoms with van der Waals surface area (Å²) in [6.45, 7) is 5.17. The summed E-state index contributed by atoms with van der Waals surface area (Å²) in [5.74, 6) is 0.846. The lowest BCUT2D eigenvalue weighted by molar-refractivity contribution is 0.0398. The number of amidine groups is 1. The normalized spacial score (nSPS) is 15.9. The highest BCUT2D eigenvalue weighted by atomic mass is 32.1. The zero-order chi connectivity index (χ0) is 24.2. The molecule has 4 heterocycles. The number of thiazole rings is 1. The van der Waals surface area contributed by atoms with Crippen LogP contribution in [-0.2, 0) is 11.2 Å². The third-order valence-corrected chi connectivity index (χ3v) is 6.80. The maximum Gasteiger partial charge on any atom is 0.190 e. The van der Waals surface area contributed by atoms with E-state index in [0.29, 0.717) is 29.6 Å². The predicted octanol–water partition coefficient (Wildman–Crippen LogP) is 3.81. The number of nitrogens with one attached hydrogen (secondary N) is 2. The number of benzene rings is 1. The van der Waals surface area contributed by atoms with E-state index in [4.69, 9.17) is 4.74 Å². The van der Waals surface area contributed by atoms with Crippen LogP contribution in [-0.4, -0.2) is 72.1 Å². The molecule has 5 rings (SSSR count). The highest BCUT2D eigenvalue weighted by Crippen LogP contribution is 2.37. The van der Waals surface area contributed by atoms with E-state index in [1.807, 2.05) is 6.07 Å². The number of hydrogen-bond acceptors (Lipinski definition) is 10. The van der Waals surface area contributed by atoms with E-state index in [2.05, 4.69) is 35.5 Å². The Bertz CT molecular complexity index is 1210. The smallest absolute Gasteiger partial charge is 0.190 e. The van der Waals surface area contributed by atoms with Gasteiger partial charge in [-0.2, -0.15) is 0 Å². The number of rotatable bonds is 7. The maximum absolute atomic E-state index is 14.2. The summed E-state index contributed by atoms with van der Waals surface area (Å²) >= 11 is 1.41. The van der Waals surface area contributed by atoms with Gasteiger partial charge in [0.25, 0.3) is 0 Å². The lowest BCUT2D eigenvalue weighted by Crippen LogP contribution is -2.39. The minimum atomic E-state index is -0.620. The van der Waals surface area contributed by atoms with Gasteiger partial charge in [0.15, 0.2) is 5.13 Å². The van der Waals surface area contributed by atoms with Crippen LogP contribution in [0.4, 0.5) is 36.2 Å². The minimum Gasteiger partial charge on any atom is -0.379 e. The van der Waals surface area contributed by atoms with Gasteiger partial charge >= 0.3 is 0 Å². The number of morpholine rings is 1. The van der Waals surface area contributed by atoms with Crippen LogP contribution < -0.4 is 15.5 Å². The third-order valence-electron chi connectivity index (χ3n) is 5.89. The lowest BCUT2D eigenvalue weighted by atomic mass is 10.1. The number of halogens is 2. The summed E-state index contributed by atoms with van der Waals surface area (Å²) in [6, 6.07) is 5.39. The Morgan fingerprint density at radius 2 is 1.94 bits per heavy atom. The predicted molar refractivity (Wildman–Crippen MR) is 133 cm³/mol. The van der Waals surface area contributed by atoms with Gasteiger partial charge in [-0.1, -0.05) is 11.3 Å². The fourth-order valence-electron chi connectivity index (χ4n) is 3.98. The summed E-state index contributed by atoms with van der Waals surface area (Å²) in [5.41, 5.74) is 1.17. The summed E-state index contributed by atoms with van der Waals surface area (Å²) in [6.07, 6.45) is 2.79. The van der Waals surface area contributed by atoms with Gasteiger partial charge in [-0.25, -0.2) is 28.7 Å². The Hall–Kier alpha value is -3.22. The van der Waals surface area contributed by atoms with Crippen LogP contribution in [0.25, 0.3) is 0 Å². The van der Waals surface area contributed by atoms with Crippen molar-refractivity contribution in [3.63, 3.8) is 0 Å². The van der Waals surface area contributed by atoms with E-state index in [1.54, 1.807) is 11.9 Å². The number of hydrogen-bond donors (Lipinski definition) is 2. The van der Waals surface area contributed by atoms with Crippen LogP contribution in [0, 0.1) is 11.6 Å². The number of aliphatic imine (C=N–C) groups is 1. The van der Waals surface area contributed by atoms with Gasteiger partial charge in [-0.3, -0.25) is 4.90 Å². The molecule has 35 heavy (non-hydrogen) atoms. The minimum absolute atomic E-state index is 0.283. The lowest BCUT2D eigenvalue weighted by Gasteiger charge is -2.26. The number of aromatic nitrogens is 3. The van der Waals surface area contributed by atoms with E-state index < -0.39 is 11.6 Å². The monoisotopic (exact) mass is 500 g/mol. The van der Waals surface area contributed by atoms with E-state index in [9.17, 15) is 8.78 Å². The van der Waals surface area contributed by atoms with Crippen molar-refractivity contribution < 1.29 is 13.5 Å². The molecule has 9 nitrogen and oxygen atoms in total. The molecule has 1 fully saturated rings. The second-order valence-electron chi connectivity index (χ2n) is 8.25. The van der Waals surface area contributed by atoms with E-state index >= 15 is 0 Å². The molecule has 2 N–H and O–H groups in total. The molecule has 0 bridgehead atoms. The quantitative estimate of drug-likeness (QED) is 0.506. The van der Waals surface area contributed by atoms with Gasteiger partial charge in [0, 0.05) is 51.8 Å². The SMILES string of the molecule is CN(C1=Nc2sc(Nc3cc(NCCN4CCOCC4)ncn3)nc2CC1)c1ccc(F)cc1F. The average Bonchev–Trinajstić information content (AvgIpc) is 3.26. The summed E-state index contributed by atoms with van der Waals surface area (Å²) < 4.78 is 32.9. The number of nitrogens with zero attached hydrogens (tertiary/aromatic N) is 6. The van der Waals surface area contributed by atoms with Crippen molar-refractivity contribution >= 4 is 44.6 Å². The van der Waals surface area contributed by atoms with Crippen molar-refractivity contribution in [3.8, 4) is 0 Å². The van der Waals surface area contributed by atoms with Crippen LogP contribution in [0.2, 0.25) is 0 Å². The molecule has 2 aliphatic heterocycles. The molecule has 184 valence electrons. The molecule has 0 spiro atoms. The fourth-order valence-corrected chi connectivity index (χ4v) is 4.90. The zero-order valence-electron chi connectivity index (χ0n) is 19.3. The number of anilines is 4. The molecule has 1 saturated heterocycles. The number of aryl methyl sites for hydroxylation is 1. The molecule has 0 unspecified atom stereocenters. The molecule has 2 aromatic heterocycles. The van der Waals surface area contributed by atoms with Crippen LogP contribution in [0.15, 0.2) is 35.6 Å². The van der Waals surface area contributed by atoms with Gasteiger partial charge in [0.2, 0.25) is 0 Å². The van der Waals surface area contributed by atoms with Crippen molar-refractivity contribution in [2.24, 2.45) is 4.99 Å². The molecule has 3 aromatic rings. The maximum atomic E-state index is 14.2. The second kappa shape index (κ2) is 10.6. The Balaban J connectivity index is 1.22. The molecule has 12 heteroatoms. The fraction of sp³-hybridized carbons (Fsp3) is 0.391. The Morgan fingerprint density at radius 1 is 1.11 bits per heavy atom. The topological polar surface area (TPSA) is 90.8 Å². The Kier molecular flexibility index (Phi) is 7.11. The van der Waals surface area contributed by atoms with E-state index in [-0.39, 0.29) is 5.69 Å². The van der Waals surface area contributed by atoms with Gasteiger partial charge in [0.1, 0.15) is 40.4 Å². The van der Waals surface area contributed by atoms with Crippen LogP contribution in [0.3, 0.4) is 0 Å². The van der Waals surface area contributed by atoms with Crippen LogP contribution in [0.5, 0.6) is 0 Å². The Labute approximate surface area is 205 Å². The zero-order valence-corrected chi connectivity index (χ0v) is 20.1. The standard InChI is InChI=1S/C23H26F2N8OS/c1-32(18-4-2-15(24)12-16(18)25)21-5-3-17-22(31-21)35-23(29-17)30-20-13-19(27-14-28-20)26-6-7-33-8-10-34-11-9-33/h2,4,12-14H,3,5-11H2,1H3,(H2,26,27,28,29,30). The van der Waals surface area contributed by atoms with Crippen molar-refractivity contribution in [3.05, 3.63) is 47.9 Å². The summed E-state index contributed by atoms with van der Waals surface area (Å²) in [5, 5.41) is 8.01. The molecular weight excluding hydrogens is 474 g/mol. The van der Waals surface area contributed by atoms with Crippen LogP contribution >= 0.6 is 11.3 Å². The molecule has 1 aromatic carbocycles. The second-order valence-corrected chi connectivity index (χ2v) is 9.23. The highest BCUT2D eigenvalue weighted by molar-refractivity contribution is 7.19. The van der Waals surface area contributed by atoms with Gasteiger partial charge in [0.05, 0.1) is 24.6 Å². The molecule has 0 aliphatic carbocycles. The molecule has 0 saturated carbocycles. The number of fused-ring (bicyclic) bond motifs is 1. The first kappa shape index (κ1) is 23.5. The highest BCUT2D eigenvalue weighted by Gasteiger charge is 2.22. The van der Waals surface area contributed by atoms with Gasteiger partial charge < -0.3 is 20.3 Å². The number of ether oxygens (including phenoxy) is 1. The summed E-state index contributed by atoms with van der Waals surface area (Å²) in [7, 11) is 1.73. The summed E-state index contributed by atoms with van der Waals surface area (Å²) in [4.78, 5) is 21.9. The first-order valence-electron chi connectivity index (χ1n) is 11.4. The van der Waals surface area contributed by atoms with Gasteiger partial charge in [-0.15, -0.1) is 0 Å². The molecule has 0 radical (unpaired) electrons. The molecule has 2 aliphatic rings. The molecule has 0 atom stereocenters. The first-order valence-corrected chi connectivity index (χ1v) is 12.3. The Morgan fingerprint density at radius 3 is 2.77 bits per heavy atom. The van der Waals surface area contributed by atoms with Crippen LogP contribution in [0.1, 0.15) is 12.1 Å². The largest absolute Gasteiger partial charge is 0.379 e. The third kappa shape index (κ3) is 5.72. The van der Waals surface area contributed by atoms with Crippen molar-refractivity contribution in [2.45, 2.75) is 12.8 Å². The van der Waals surface area contributed by atoms with Crippen molar-refractivity contribution in [1.82, 2.24) is 19.9 Å². The average molecular weight is 501 g/mol. The van der Waals surface area contributed by atoms with Crippen molar-refractivity contribution in [2.75, 3.05) is 62.0 Å². The molecular formula is C23H26F2N8OS. The van der Waals surface area contributed by atoms with E-state index in [0.717, 1.165) is 62.0 Å². The molecule has 0 amide bonds.